The molecule has 7 heteroatoms. The standard InChI is InChI=1S/C27H27B2N3O2/c28-27(29,31-14-11-26(12-15-31)18-32(23-9-10-23)25(33)17-34-26)22-7-5-19(6-8-22)21-4-3-20-2-1-13-30-24(20)16-21/h1-8,13,16,23H,9-12,14-15,17-18H2. The average molecular weight is 447 g/mol. The number of carbonyl (C=O) groups excluding carboxylic acids is 1. The van der Waals surface area contributed by atoms with Crippen molar-refractivity contribution in [3.8, 4) is 11.1 Å². The zero-order valence-electron chi connectivity index (χ0n) is 19.3. The molecule has 1 aromatic heterocycles. The first-order valence-corrected chi connectivity index (χ1v) is 12.2. The zero-order chi connectivity index (χ0) is 23.3. The Morgan fingerprint density at radius 1 is 1.00 bits per heavy atom. The average Bonchev–Trinajstić information content (AvgIpc) is 3.71. The van der Waals surface area contributed by atoms with Crippen molar-refractivity contribution in [2.45, 2.75) is 42.7 Å². The molecule has 5 nitrogen and oxygen atoms in total. The third kappa shape index (κ3) is 3.95. The number of nitrogens with zero attached hydrogens (tertiary/aromatic N) is 3. The molecule has 1 saturated carbocycles. The van der Waals surface area contributed by atoms with Gasteiger partial charge in [-0.1, -0.05) is 42.5 Å². The van der Waals surface area contributed by atoms with Crippen molar-refractivity contribution in [1.29, 1.82) is 0 Å². The van der Waals surface area contributed by atoms with Crippen LogP contribution in [0.25, 0.3) is 22.0 Å². The highest BCUT2D eigenvalue weighted by molar-refractivity contribution is 6.39. The van der Waals surface area contributed by atoms with Crippen molar-refractivity contribution in [2.24, 2.45) is 0 Å². The molecule has 3 aliphatic rings. The van der Waals surface area contributed by atoms with Crippen molar-refractivity contribution in [2.75, 3.05) is 26.2 Å². The number of piperidine rings is 1. The second-order valence-electron chi connectivity index (χ2n) is 10.0. The van der Waals surface area contributed by atoms with E-state index in [4.69, 9.17) is 20.4 Å². The fourth-order valence-electron chi connectivity index (χ4n) is 5.41. The van der Waals surface area contributed by atoms with Gasteiger partial charge in [0.25, 0.3) is 0 Å². The normalized spacial score (nSPS) is 21.3. The maximum absolute atomic E-state index is 12.3. The molecule has 0 bridgehead atoms. The Balaban J connectivity index is 1.15. The number of morpholine rings is 1. The number of benzene rings is 2. The summed E-state index contributed by atoms with van der Waals surface area (Å²) >= 11 is 0. The van der Waals surface area contributed by atoms with E-state index in [1.165, 1.54) is 0 Å². The highest BCUT2D eigenvalue weighted by Crippen LogP contribution is 2.38. The smallest absolute Gasteiger partial charge is 0.248 e. The molecule has 3 aromatic rings. The molecule has 6 rings (SSSR count). The molecule has 3 fully saturated rings. The summed E-state index contributed by atoms with van der Waals surface area (Å²) < 4.78 is 6.08. The van der Waals surface area contributed by atoms with E-state index in [2.05, 4.69) is 46.3 Å². The number of hydrogen-bond donors (Lipinski definition) is 0. The van der Waals surface area contributed by atoms with Crippen LogP contribution in [0.3, 0.4) is 0 Å². The Morgan fingerprint density at radius 2 is 1.74 bits per heavy atom. The van der Waals surface area contributed by atoms with Crippen LogP contribution in [0.5, 0.6) is 0 Å². The minimum absolute atomic E-state index is 0.129. The molecule has 0 atom stereocenters. The first-order valence-electron chi connectivity index (χ1n) is 12.2. The molecule has 0 unspecified atom stereocenters. The number of ether oxygens (including phenoxy) is 1. The van der Waals surface area contributed by atoms with E-state index < -0.39 is 5.34 Å². The topological polar surface area (TPSA) is 45.7 Å². The monoisotopic (exact) mass is 447 g/mol. The van der Waals surface area contributed by atoms with Crippen molar-refractivity contribution in [3.05, 3.63) is 66.4 Å². The number of fused-ring (bicyclic) bond motifs is 1. The largest absolute Gasteiger partial charge is 0.363 e. The van der Waals surface area contributed by atoms with Gasteiger partial charge >= 0.3 is 0 Å². The minimum Gasteiger partial charge on any atom is -0.363 e. The Labute approximate surface area is 203 Å². The van der Waals surface area contributed by atoms with E-state index in [-0.39, 0.29) is 18.1 Å². The summed E-state index contributed by atoms with van der Waals surface area (Å²) in [6.07, 6.45) is 5.70. The van der Waals surface area contributed by atoms with Crippen LogP contribution in [0.2, 0.25) is 0 Å². The molecule has 2 saturated heterocycles. The summed E-state index contributed by atoms with van der Waals surface area (Å²) in [7, 11) is 13.4. The van der Waals surface area contributed by atoms with Gasteiger partial charge in [-0.2, -0.15) is 0 Å². The lowest BCUT2D eigenvalue weighted by Crippen LogP contribution is -2.61. The molecule has 1 spiro atoms. The molecule has 1 amide bonds. The minimum atomic E-state index is -1.06. The van der Waals surface area contributed by atoms with Gasteiger partial charge < -0.3 is 14.5 Å². The number of hydrogen-bond acceptors (Lipinski definition) is 4. The molecule has 0 N–H and O–H groups in total. The predicted octanol–water partition coefficient (Wildman–Crippen LogP) is 3.20. The molecule has 34 heavy (non-hydrogen) atoms. The SMILES string of the molecule is [B]C([B])(c1ccc(-c2ccc3cccnc3c2)cc1)N1CCC2(CC1)CN(C1CC1)C(=O)CO2. The van der Waals surface area contributed by atoms with Crippen molar-refractivity contribution in [3.63, 3.8) is 0 Å². The van der Waals surface area contributed by atoms with Crippen molar-refractivity contribution >= 4 is 32.5 Å². The summed E-state index contributed by atoms with van der Waals surface area (Å²) in [6, 6.07) is 18.9. The fraction of sp³-hybridized carbons (Fsp3) is 0.407. The van der Waals surface area contributed by atoms with Crippen molar-refractivity contribution in [1.82, 2.24) is 14.8 Å². The second-order valence-corrected chi connectivity index (χ2v) is 10.0. The van der Waals surface area contributed by atoms with E-state index in [1.807, 2.05) is 29.3 Å². The van der Waals surface area contributed by atoms with Gasteiger partial charge in [0, 0.05) is 30.7 Å². The summed E-state index contributed by atoms with van der Waals surface area (Å²) in [5.74, 6) is 0.129. The van der Waals surface area contributed by atoms with Crippen LogP contribution in [-0.4, -0.2) is 74.3 Å². The first kappa shape index (κ1) is 21.9. The number of pyridine rings is 1. The molecule has 1 aliphatic carbocycles. The van der Waals surface area contributed by atoms with Crippen LogP contribution in [0.4, 0.5) is 0 Å². The first-order chi connectivity index (χ1) is 16.4. The molecule has 3 heterocycles. The fourth-order valence-corrected chi connectivity index (χ4v) is 5.41. The van der Waals surface area contributed by atoms with Gasteiger partial charge in [-0.3, -0.25) is 9.78 Å². The Kier molecular flexibility index (Phi) is 5.30. The van der Waals surface area contributed by atoms with Gasteiger partial charge in [0.15, 0.2) is 0 Å². The lowest BCUT2D eigenvalue weighted by atomic mass is 9.56. The van der Waals surface area contributed by atoms with E-state index in [0.29, 0.717) is 12.6 Å². The third-order valence-corrected chi connectivity index (χ3v) is 7.75. The number of carbonyl (C=O) groups is 1. The summed E-state index contributed by atoms with van der Waals surface area (Å²) in [6.45, 7) is 2.36. The number of amides is 1. The lowest BCUT2D eigenvalue weighted by molar-refractivity contribution is -0.173. The predicted molar refractivity (Wildman–Crippen MR) is 135 cm³/mol. The Hall–Kier alpha value is -2.63. The van der Waals surface area contributed by atoms with Gasteiger partial charge in [-0.25, -0.2) is 0 Å². The molecule has 2 aliphatic heterocycles. The highest BCUT2D eigenvalue weighted by atomic mass is 16.5. The van der Waals surface area contributed by atoms with Gasteiger partial charge in [0.2, 0.25) is 5.91 Å². The third-order valence-electron chi connectivity index (χ3n) is 7.75. The number of rotatable bonds is 4. The van der Waals surface area contributed by atoms with E-state index in [1.54, 1.807) is 0 Å². The quantitative estimate of drug-likeness (QED) is 0.577. The van der Waals surface area contributed by atoms with Crippen LogP contribution in [0, 0.1) is 0 Å². The molecular formula is C27H27B2N3O2. The van der Waals surface area contributed by atoms with Crippen LogP contribution in [-0.2, 0) is 14.9 Å². The number of likely N-dealkylation sites (tertiary alicyclic amines) is 1. The molecular weight excluding hydrogens is 420 g/mol. The highest BCUT2D eigenvalue weighted by Gasteiger charge is 2.47. The van der Waals surface area contributed by atoms with Crippen LogP contribution in [0.15, 0.2) is 60.8 Å². The second kappa shape index (κ2) is 8.24. The summed E-state index contributed by atoms with van der Waals surface area (Å²) in [5, 5.41) is 0.0615. The van der Waals surface area contributed by atoms with Gasteiger partial charge in [0.05, 0.1) is 33.4 Å². The Morgan fingerprint density at radius 3 is 2.47 bits per heavy atom. The zero-order valence-corrected chi connectivity index (χ0v) is 19.3. The maximum atomic E-state index is 12.3. The van der Waals surface area contributed by atoms with Gasteiger partial charge in [-0.05, 0) is 59.8 Å². The van der Waals surface area contributed by atoms with E-state index >= 15 is 0 Å². The summed E-state index contributed by atoms with van der Waals surface area (Å²) in [4.78, 5) is 20.9. The molecule has 4 radical (unpaired) electrons. The van der Waals surface area contributed by atoms with Crippen LogP contribution < -0.4 is 0 Å². The maximum Gasteiger partial charge on any atom is 0.248 e. The van der Waals surface area contributed by atoms with Crippen molar-refractivity contribution < 1.29 is 9.53 Å². The molecule has 2 aromatic carbocycles. The Bertz CT molecular complexity index is 1220. The van der Waals surface area contributed by atoms with Gasteiger partial charge in [0.1, 0.15) is 6.61 Å². The lowest BCUT2D eigenvalue weighted by Gasteiger charge is -2.51. The van der Waals surface area contributed by atoms with E-state index in [9.17, 15) is 4.79 Å². The molecule has 168 valence electrons. The van der Waals surface area contributed by atoms with Crippen LogP contribution in [0.1, 0.15) is 31.2 Å². The van der Waals surface area contributed by atoms with E-state index in [0.717, 1.165) is 66.4 Å². The van der Waals surface area contributed by atoms with Crippen LogP contribution >= 0.6 is 0 Å². The van der Waals surface area contributed by atoms with Gasteiger partial charge in [-0.15, -0.1) is 0 Å². The number of aromatic nitrogens is 1. The summed E-state index contributed by atoms with van der Waals surface area (Å²) in [5.41, 5.74) is 3.80.